The predicted molar refractivity (Wildman–Crippen MR) is 93.8 cm³/mol. The van der Waals surface area contributed by atoms with Gasteiger partial charge in [-0.1, -0.05) is 32.9 Å². The van der Waals surface area contributed by atoms with E-state index in [1.807, 2.05) is 17.0 Å². The Morgan fingerprint density at radius 2 is 1.87 bits per heavy atom. The fraction of sp³-hybridized carbons (Fsp3) is 0.632. The van der Waals surface area contributed by atoms with Gasteiger partial charge in [-0.25, -0.2) is 0 Å². The molecule has 1 aromatic carbocycles. The fourth-order valence-corrected chi connectivity index (χ4v) is 3.15. The van der Waals surface area contributed by atoms with Crippen molar-refractivity contribution in [3.05, 3.63) is 35.4 Å². The van der Waals surface area contributed by atoms with Crippen LogP contribution in [0.2, 0.25) is 0 Å². The van der Waals surface area contributed by atoms with Crippen LogP contribution < -0.4 is 0 Å². The molecule has 1 aromatic rings. The maximum Gasteiger partial charge on any atom is 0.254 e. The first-order chi connectivity index (χ1) is 10.7. The van der Waals surface area contributed by atoms with E-state index in [4.69, 9.17) is 0 Å². The minimum absolute atomic E-state index is 0.0987. The van der Waals surface area contributed by atoms with E-state index < -0.39 is 0 Å². The lowest BCUT2D eigenvalue weighted by molar-refractivity contribution is 0.0383. The molecule has 1 heterocycles. The number of carbonyl (C=O) groups is 1. The molecular formula is C19H30N2O2. The topological polar surface area (TPSA) is 43.8 Å². The summed E-state index contributed by atoms with van der Waals surface area (Å²) in [6.07, 6.45) is -0.325. The second-order valence-corrected chi connectivity index (χ2v) is 7.78. The summed E-state index contributed by atoms with van der Waals surface area (Å²) in [6, 6.07) is 8.16. The van der Waals surface area contributed by atoms with E-state index in [0.29, 0.717) is 13.1 Å². The number of carbonyl (C=O) groups excluding carboxylic acids is 1. The van der Waals surface area contributed by atoms with Crippen LogP contribution in [0.4, 0.5) is 0 Å². The Hall–Kier alpha value is -1.39. The van der Waals surface area contributed by atoms with Gasteiger partial charge in [0.05, 0.1) is 6.10 Å². The highest BCUT2D eigenvalue weighted by Crippen LogP contribution is 2.23. The molecule has 1 aliphatic heterocycles. The third kappa shape index (κ3) is 4.55. The summed E-state index contributed by atoms with van der Waals surface area (Å²) in [5.74, 6) is 0.106. The summed E-state index contributed by atoms with van der Waals surface area (Å²) < 4.78 is 0. The average Bonchev–Trinajstić information content (AvgIpc) is 2.45. The van der Waals surface area contributed by atoms with Gasteiger partial charge in [0.15, 0.2) is 0 Å². The van der Waals surface area contributed by atoms with E-state index in [9.17, 15) is 9.90 Å². The molecule has 1 fully saturated rings. The third-order valence-corrected chi connectivity index (χ3v) is 4.49. The van der Waals surface area contributed by atoms with E-state index in [0.717, 1.165) is 18.7 Å². The summed E-state index contributed by atoms with van der Waals surface area (Å²) >= 11 is 0. The molecule has 2 rings (SSSR count). The number of hydrogen-bond acceptors (Lipinski definition) is 3. The predicted octanol–water partition coefficient (Wildman–Crippen LogP) is 2.51. The van der Waals surface area contributed by atoms with Crippen molar-refractivity contribution in [1.29, 1.82) is 0 Å². The van der Waals surface area contributed by atoms with Gasteiger partial charge in [0.25, 0.3) is 5.91 Å². The van der Waals surface area contributed by atoms with Gasteiger partial charge < -0.3 is 10.0 Å². The summed E-state index contributed by atoms with van der Waals surface area (Å²) in [5.41, 5.74) is 2.10. The van der Waals surface area contributed by atoms with Crippen molar-refractivity contribution in [1.82, 2.24) is 9.80 Å². The Bertz CT molecular complexity index is 531. The second-order valence-electron chi connectivity index (χ2n) is 7.78. The van der Waals surface area contributed by atoms with E-state index >= 15 is 0 Å². The number of hydrogen-bond donors (Lipinski definition) is 1. The van der Waals surface area contributed by atoms with Crippen LogP contribution >= 0.6 is 0 Å². The van der Waals surface area contributed by atoms with Crippen LogP contribution in [0, 0.1) is 0 Å². The smallest absolute Gasteiger partial charge is 0.254 e. The van der Waals surface area contributed by atoms with Gasteiger partial charge in [-0.3, -0.25) is 9.69 Å². The zero-order valence-electron chi connectivity index (χ0n) is 15.0. The summed E-state index contributed by atoms with van der Waals surface area (Å²) in [6.45, 7) is 13.4. The van der Waals surface area contributed by atoms with Crippen molar-refractivity contribution in [2.75, 3.05) is 26.2 Å². The summed E-state index contributed by atoms with van der Waals surface area (Å²) in [7, 11) is 0. The molecule has 1 aliphatic rings. The van der Waals surface area contributed by atoms with Gasteiger partial charge >= 0.3 is 0 Å². The minimum atomic E-state index is -0.325. The first-order valence-corrected chi connectivity index (χ1v) is 8.50. The van der Waals surface area contributed by atoms with Crippen molar-refractivity contribution in [2.45, 2.75) is 52.2 Å². The molecule has 0 bridgehead atoms. The van der Waals surface area contributed by atoms with Crippen LogP contribution in [-0.4, -0.2) is 59.1 Å². The maximum absolute atomic E-state index is 12.8. The first kappa shape index (κ1) is 18.0. The lowest BCUT2D eigenvalue weighted by Crippen LogP contribution is -2.55. The highest BCUT2D eigenvalue weighted by molar-refractivity contribution is 5.94. The number of aliphatic hydroxyl groups is 1. The number of piperazine rings is 1. The Kier molecular flexibility index (Phi) is 5.48. The van der Waals surface area contributed by atoms with Crippen LogP contribution in [0.1, 0.15) is 50.5 Å². The van der Waals surface area contributed by atoms with Crippen LogP contribution in [0.5, 0.6) is 0 Å². The number of aliphatic hydroxyl groups excluding tert-OH is 1. The fourth-order valence-electron chi connectivity index (χ4n) is 3.15. The van der Waals surface area contributed by atoms with E-state index in [1.54, 1.807) is 6.92 Å². The second kappa shape index (κ2) is 7.02. The molecule has 1 saturated heterocycles. The van der Waals surface area contributed by atoms with Crippen LogP contribution in [-0.2, 0) is 5.41 Å². The van der Waals surface area contributed by atoms with Crippen LogP contribution in [0.3, 0.4) is 0 Å². The van der Waals surface area contributed by atoms with Crippen molar-refractivity contribution in [3.63, 3.8) is 0 Å². The maximum atomic E-state index is 12.8. The first-order valence-electron chi connectivity index (χ1n) is 8.50. The summed E-state index contributed by atoms with van der Waals surface area (Å²) in [5, 5.41) is 9.51. The highest BCUT2D eigenvalue weighted by Gasteiger charge is 2.28. The van der Waals surface area contributed by atoms with E-state index in [-0.39, 0.29) is 23.5 Å². The molecule has 0 aliphatic carbocycles. The molecule has 0 radical (unpaired) electrons. The molecule has 0 saturated carbocycles. The average molecular weight is 318 g/mol. The largest absolute Gasteiger partial charge is 0.392 e. The van der Waals surface area contributed by atoms with Gasteiger partial charge in [0, 0.05) is 37.8 Å². The van der Waals surface area contributed by atoms with Crippen LogP contribution in [0.25, 0.3) is 0 Å². The molecule has 4 nitrogen and oxygen atoms in total. The Balaban J connectivity index is 2.03. The SMILES string of the molecule is C[C@H](O)CN1CCN(C(=O)c2ccc(C(C)(C)C)cc2)[C@H](C)C1. The molecule has 0 unspecified atom stereocenters. The lowest BCUT2D eigenvalue weighted by Gasteiger charge is -2.40. The number of β-amino-alcohol motifs (C(OH)–C–C–N with tert-alkyl or cyclic N) is 1. The van der Waals surface area contributed by atoms with Crippen LogP contribution in [0.15, 0.2) is 24.3 Å². The molecule has 128 valence electrons. The number of amides is 1. The van der Waals surface area contributed by atoms with Crippen molar-refractivity contribution in [2.24, 2.45) is 0 Å². The number of benzene rings is 1. The minimum Gasteiger partial charge on any atom is -0.392 e. The van der Waals surface area contributed by atoms with Crippen molar-refractivity contribution in [3.8, 4) is 0 Å². The zero-order chi connectivity index (χ0) is 17.2. The van der Waals surface area contributed by atoms with Gasteiger partial charge in [0.2, 0.25) is 0 Å². The molecular weight excluding hydrogens is 288 g/mol. The van der Waals surface area contributed by atoms with Crippen molar-refractivity contribution < 1.29 is 9.90 Å². The molecule has 2 atom stereocenters. The van der Waals surface area contributed by atoms with Gasteiger partial charge in [-0.05, 0) is 37.0 Å². The molecule has 23 heavy (non-hydrogen) atoms. The summed E-state index contributed by atoms with van der Waals surface area (Å²) in [4.78, 5) is 16.9. The van der Waals surface area contributed by atoms with E-state index in [2.05, 4.69) is 44.7 Å². The molecule has 0 aromatic heterocycles. The van der Waals surface area contributed by atoms with Crippen molar-refractivity contribution >= 4 is 5.91 Å². The number of rotatable bonds is 3. The quantitative estimate of drug-likeness (QED) is 0.931. The lowest BCUT2D eigenvalue weighted by atomic mass is 9.86. The van der Waals surface area contributed by atoms with Gasteiger partial charge in [0.1, 0.15) is 0 Å². The normalized spacial score (nSPS) is 21.3. The monoisotopic (exact) mass is 318 g/mol. The third-order valence-electron chi connectivity index (χ3n) is 4.49. The molecule has 1 N–H and O–H groups in total. The number of nitrogens with zero attached hydrogens (tertiary/aromatic N) is 2. The van der Waals surface area contributed by atoms with E-state index in [1.165, 1.54) is 5.56 Å². The molecule has 0 spiro atoms. The zero-order valence-corrected chi connectivity index (χ0v) is 15.0. The van der Waals surface area contributed by atoms with Gasteiger partial charge in [-0.2, -0.15) is 0 Å². The Morgan fingerprint density at radius 3 is 2.35 bits per heavy atom. The standard InChI is InChI=1S/C19H30N2O2/c1-14-12-20(13-15(2)22)10-11-21(14)18(23)16-6-8-17(9-7-16)19(3,4)5/h6-9,14-15,22H,10-13H2,1-5H3/t14-,15+/m1/s1. The Labute approximate surface area is 140 Å². The molecule has 1 amide bonds. The van der Waals surface area contributed by atoms with Gasteiger partial charge in [-0.15, -0.1) is 0 Å². The Morgan fingerprint density at radius 1 is 1.26 bits per heavy atom. The highest BCUT2D eigenvalue weighted by atomic mass is 16.3. The molecule has 4 heteroatoms.